The minimum atomic E-state index is -4.13. The molecule has 0 bridgehead atoms. The van der Waals surface area contributed by atoms with E-state index in [4.69, 9.17) is 4.74 Å². The minimum Gasteiger partial charge on any atom is -0.497 e. The average Bonchev–Trinajstić information content (AvgIpc) is 2.90. The van der Waals surface area contributed by atoms with Crippen LogP contribution in [0.5, 0.6) is 5.75 Å². The highest BCUT2D eigenvalue weighted by atomic mass is 32.2. The summed E-state index contributed by atoms with van der Waals surface area (Å²) >= 11 is 0. The van der Waals surface area contributed by atoms with Crippen molar-refractivity contribution in [2.45, 2.75) is 49.5 Å². The third kappa shape index (κ3) is 7.90. The molecule has 12 heteroatoms. The number of piperidine rings is 2. The number of methoxy groups -OCH3 is 1. The Morgan fingerprint density at radius 2 is 1.86 bits per heavy atom. The van der Waals surface area contributed by atoms with Crippen LogP contribution in [-0.2, 0) is 24.4 Å². The van der Waals surface area contributed by atoms with Gasteiger partial charge in [0.25, 0.3) is 0 Å². The molecule has 36 heavy (non-hydrogen) atoms. The van der Waals surface area contributed by atoms with Gasteiger partial charge in [0.2, 0.25) is 21.8 Å². The number of carbonyl (C=O) groups excluding carboxylic acids is 2. The van der Waals surface area contributed by atoms with Gasteiger partial charge in [0.05, 0.1) is 17.9 Å². The minimum absolute atomic E-state index is 0.0432. The number of likely N-dealkylation sites (tertiary alicyclic amines) is 1. The van der Waals surface area contributed by atoms with Crippen LogP contribution in [0, 0.1) is 11.8 Å². The van der Waals surface area contributed by atoms with Crippen LogP contribution in [0.25, 0.3) is 0 Å². The van der Waals surface area contributed by atoms with Gasteiger partial charge in [0, 0.05) is 26.1 Å². The Morgan fingerprint density at radius 3 is 2.50 bits per heavy atom. The lowest BCUT2D eigenvalue weighted by Crippen LogP contribution is -2.51. The fourth-order valence-electron chi connectivity index (χ4n) is 4.61. The van der Waals surface area contributed by atoms with Gasteiger partial charge in [-0.3, -0.25) is 14.4 Å². The molecular formula is C24H36N4O7S. The maximum atomic E-state index is 12.8. The van der Waals surface area contributed by atoms with E-state index in [0.29, 0.717) is 37.5 Å². The highest BCUT2D eigenvalue weighted by Gasteiger charge is 2.31. The number of sulfonamides is 1. The molecule has 3 rings (SSSR count). The molecule has 0 aliphatic carbocycles. The zero-order valence-electron chi connectivity index (χ0n) is 20.6. The Morgan fingerprint density at radius 1 is 1.17 bits per heavy atom. The third-order valence-corrected chi connectivity index (χ3v) is 8.30. The maximum Gasteiger partial charge on any atom is 0.323 e. The molecule has 0 radical (unpaired) electrons. The van der Waals surface area contributed by atoms with Crippen LogP contribution >= 0.6 is 0 Å². The molecule has 1 unspecified atom stereocenters. The molecule has 1 aromatic carbocycles. The number of benzene rings is 1. The topological polar surface area (TPSA) is 154 Å². The van der Waals surface area contributed by atoms with Crippen molar-refractivity contribution >= 4 is 27.8 Å². The number of nitrogens with one attached hydrogen (secondary N) is 3. The molecule has 200 valence electrons. The summed E-state index contributed by atoms with van der Waals surface area (Å²) in [7, 11) is -2.69. The van der Waals surface area contributed by atoms with Crippen LogP contribution in [0.2, 0.25) is 0 Å². The van der Waals surface area contributed by atoms with Crippen molar-refractivity contribution in [3.05, 3.63) is 24.3 Å². The second kappa shape index (κ2) is 13.0. The summed E-state index contributed by atoms with van der Waals surface area (Å²) in [5, 5.41) is 15.4. The first-order valence-corrected chi connectivity index (χ1v) is 13.8. The van der Waals surface area contributed by atoms with E-state index in [0.717, 1.165) is 32.4 Å². The summed E-state index contributed by atoms with van der Waals surface area (Å²) in [5.74, 6) is -1.21. The fourth-order valence-corrected chi connectivity index (χ4v) is 5.80. The summed E-state index contributed by atoms with van der Waals surface area (Å²) in [6.07, 6.45) is 4.73. The standard InChI is InChI=1S/C24H36N4O7S/c1-35-19-5-7-20(8-6-19)36(33,34)27-21(24(31)32)15-26-23(30)18-3-2-14-28(16-18)22(29)9-4-17-10-12-25-13-11-17/h5-8,17-18,21,25,27H,2-4,9-16H2,1H3,(H,26,30)(H,31,32)/t18?,21-/m0/s1. The summed E-state index contributed by atoms with van der Waals surface area (Å²) in [6.45, 7) is 2.45. The molecule has 2 atom stereocenters. The molecule has 2 heterocycles. The van der Waals surface area contributed by atoms with Crippen LogP contribution in [0.4, 0.5) is 0 Å². The molecular weight excluding hydrogens is 488 g/mol. The van der Waals surface area contributed by atoms with Gasteiger partial charge in [-0.1, -0.05) is 0 Å². The number of carboxylic acid groups (broad SMARTS) is 1. The van der Waals surface area contributed by atoms with Gasteiger partial charge in [-0.05, 0) is 75.4 Å². The van der Waals surface area contributed by atoms with E-state index in [9.17, 15) is 27.9 Å². The number of aliphatic carboxylic acids is 1. The maximum absolute atomic E-state index is 12.8. The SMILES string of the molecule is COc1ccc(S(=O)(=O)N[C@@H](CNC(=O)C2CCCN(C(=O)CCC3CCNCC3)C2)C(=O)O)cc1. The van der Waals surface area contributed by atoms with Crippen LogP contribution in [0.15, 0.2) is 29.2 Å². The molecule has 0 saturated carbocycles. The van der Waals surface area contributed by atoms with Gasteiger partial charge in [-0.15, -0.1) is 0 Å². The summed E-state index contributed by atoms with van der Waals surface area (Å²) in [5.41, 5.74) is 0. The molecule has 2 amide bonds. The lowest BCUT2D eigenvalue weighted by atomic mass is 9.92. The Balaban J connectivity index is 1.50. The van der Waals surface area contributed by atoms with Gasteiger partial charge in [-0.25, -0.2) is 8.42 Å². The number of carboxylic acids is 1. The van der Waals surface area contributed by atoms with Gasteiger partial charge in [-0.2, -0.15) is 4.72 Å². The Labute approximate surface area is 212 Å². The zero-order valence-corrected chi connectivity index (χ0v) is 21.4. The lowest BCUT2D eigenvalue weighted by molar-refractivity contribution is -0.139. The van der Waals surface area contributed by atoms with E-state index in [1.807, 2.05) is 0 Å². The molecule has 2 aliphatic rings. The first-order chi connectivity index (χ1) is 17.2. The predicted molar refractivity (Wildman–Crippen MR) is 132 cm³/mol. The molecule has 4 N–H and O–H groups in total. The second-order valence-corrected chi connectivity index (χ2v) is 11.1. The van der Waals surface area contributed by atoms with Crippen molar-refractivity contribution < 1.29 is 32.6 Å². The van der Waals surface area contributed by atoms with Crippen molar-refractivity contribution in [2.24, 2.45) is 11.8 Å². The highest BCUT2D eigenvalue weighted by Crippen LogP contribution is 2.22. The van der Waals surface area contributed by atoms with Gasteiger partial charge in [0.1, 0.15) is 11.8 Å². The second-order valence-electron chi connectivity index (χ2n) is 9.34. The van der Waals surface area contributed by atoms with Crippen molar-refractivity contribution in [1.82, 2.24) is 20.3 Å². The average molecular weight is 525 g/mol. The Hall–Kier alpha value is -2.70. The number of ether oxygens (including phenoxy) is 1. The first-order valence-electron chi connectivity index (χ1n) is 12.3. The molecule has 2 fully saturated rings. The van der Waals surface area contributed by atoms with Gasteiger partial charge >= 0.3 is 5.97 Å². The number of hydrogen-bond donors (Lipinski definition) is 4. The van der Waals surface area contributed by atoms with Crippen LogP contribution in [0.3, 0.4) is 0 Å². The van der Waals surface area contributed by atoms with Crippen LogP contribution < -0.4 is 20.1 Å². The van der Waals surface area contributed by atoms with Gasteiger partial charge < -0.3 is 25.4 Å². The smallest absolute Gasteiger partial charge is 0.323 e. The summed E-state index contributed by atoms with van der Waals surface area (Å²) in [6, 6.07) is 3.96. The third-order valence-electron chi connectivity index (χ3n) is 6.82. The predicted octanol–water partition coefficient (Wildman–Crippen LogP) is 0.561. The zero-order chi connectivity index (χ0) is 26.1. The molecule has 0 aromatic heterocycles. The van der Waals surface area contributed by atoms with Crippen LogP contribution in [-0.4, -0.2) is 82.1 Å². The number of rotatable bonds is 11. The van der Waals surface area contributed by atoms with Crippen molar-refractivity contribution in [1.29, 1.82) is 0 Å². The normalized spacial score (nSPS) is 19.9. The Kier molecular flexibility index (Phi) is 10.1. The van der Waals surface area contributed by atoms with Crippen molar-refractivity contribution in [3.8, 4) is 5.75 Å². The van der Waals surface area contributed by atoms with E-state index < -0.39 is 34.5 Å². The number of carbonyl (C=O) groups is 3. The first kappa shape index (κ1) is 27.9. The lowest BCUT2D eigenvalue weighted by Gasteiger charge is -2.33. The molecule has 11 nitrogen and oxygen atoms in total. The van der Waals surface area contributed by atoms with Gasteiger partial charge in [0.15, 0.2) is 0 Å². The van der Waals surface area contributed by atoms with E-state index >= 15 is 0 Å². The molecule has 1 aromatic rings. The number of nitrogens with zero attached hydrogens (tertiary/aromatic N) is 1. The van der Waals surface area contributed by atoms with E-state index in [1.165, 1.54) is 31.4 Å². The van der Waals surface area contributed by atoms with Crippen molar-refractivity contribution in [2.75, 3.05) is 39.8 Å². The largest absolute Gasteiger partial charge is 0.497 e. The van der Waals surface area contributed by atoms with Crippen LogP contribution in [0.1, 0.15) is 38.5 Å². The summed E-state index contributed by atoms with van der Waals surface area (Å²) < 4.78 is 32.4. The van der Waals surface area contributed by atoms with E-state index in [-0.39, 0.29) is 23.3 Å². The monoisotopic (exact) mass is 524 g/mol. The van der Waals surface area contributed by atoms with E-state index in [2.05, 4.69) is 15.4 Å². The molecule has 0 spiro atoms. The quantitative estimate of drug-likeness (QED) is 0.327. The highest BCUT2D eigenvalue weighted by molar-refractivity contribution is 7.89. The summed E-state index contributed by atoms with van der Waals surface area (Å²) in [4.78, 5) is 38.8. The number of hydrogen-bond acceptors (Lipinski definition) is 7. The van der Waals surface area contributed by atoms with Crippen molar-refractivity contribution in [3.63, 3.8) is 0 Å². The Bertz CT molecular complexity index is 1010. The van der Waals surface area contributed by atoms with E-state index in [1.54, 1.807) is 4.90 Å². The molecule has 2 aliphatic heterocycles. The fraction of sp³-hybridized carbons (Fsp3) is 0.625. The number of amides is 2. The molecule has 2 saturated heterocycles.